The highest BCUT2D eigenvalue weighted by Gasteiger charge is 2.44. The second-order valence-corrected chi connectivity index (χ2v) is 3.39. The molecule has 0 saturated heterocycles. The van der Waals surface area contributed by atoms with Crippen LogP contribution in [0.15, 0.2) is 0 Å². The minimum absolute atomic E-state index is 0.0494. The number of halogens is 2. The molecule has 0 radical (unpaired) electrons. The molecule has 0 spiro atoms. The van der Waals surface area contributed by atoms with E-state index >= 15 is 0 Å². The van der Waals surface area contributed by atoms with Crippen molar-refractivity contribution in [2.75, 3.05) is 20.6 Å². The highest BCUT2D eigenvalue weighted by Crippen LogP contribution is 2.41. The van der Waals surface area contributed by atoms with E-state index in [1.165, 1.54) is 0 Å². The maximum absolute atomic E-state index is 12.3. The molecule has 0 aromatic heterocycles. The van der Waals surface area contributed by atoms with Gasteiger partial charge in [0.25, 0.3) is 0 Å². The number of alkyl halides is 2. The maximum atomic E-state index is 12.3. The predicted octanol–water partition coefficient (Wildman–Crippen LogP) is 1.10. The first-order valence-corrected chi connectivity index (χ1v) is 3.78. The summed E-state index contributed by atoms with van der Waals surface area (Å²) in [6.07, 6.45) is 0.0989. The average Bonchev–Trinajstić information content (AvgIpc) is 1.78. The van der Waals surface area contributed by atoms with Gasteiger partial charge in [-0.2, -0.15) is 0 Å². The van der Waals surface area contributed by atoms with Crippen molar-refractivity contribution in [1.29, 1.82) is 0 Å². The van der Waals surface area contributed by atoms with E-state index < -0.39 is 5.92 Å². The smallest absolute Gasteiger partial charge is 0.248 e. The van der Waals surface area contributed by atoms with Crippen LogP contribution in [0.2, 0.25) is 0 Å². The van der Waals surface area contributed by atoms with Gasteiger partial charge in [0, 0.05) is 33.5 Å². The van der Waals surface area contributed by atoms with E-state index in [-0.39, 0.29) is 18.8 Å². The molecule has 0 unspecified atom stereocenters. The third-order valence-electron chi connectivity index (χ3n) is 1.87. The largest absolute Gasteiger partial charge is 0.255 e. The second kappa shape index (κ2) is 3.03. The zero-order valence-electron chi connectivity index (χ0n) is 6.90. The van der Waals surface area contributed by atoms with Crippen LogP contribution in [0.3, 0.4) is 0 Å². The Morgan fingerprint density at radius 2 is 2.00 bits per heavy atom. The molecule has 1 aliphatic rings. The molecule has 1 N–H and O–H groups in total. The third kappa shape index (κ3) is 2.71. The molecule has 2 nitrogen and oxygen atoms in total. The Kier molecular flexibility index (Phi) is 2.44. The van der Waals surface area contributed by atoms with Crippen LogP contribution >= 0.6 is 0 Å². The van der Waals surface area contributed by atoms with Crippen LogP contribution < -0.4 is 5.43 Å². The van der Waals surface area contributed by atoms with Crippen LogP contribution in [-0.2, 0) is 0 Å². The first-order chi connectivity index (χ1) is 4.99. The molecule has 1 rings (SSSR count). The SMILES string of the molecule is CN(C)NCC1CC(F)(F)C1. The molecular formula is C7H14F2N2. The quantitative estimate of drug-likeness (QED) is 0.628. The molecule has 1 saturated carbocycles. The monoisotopic (exact) mass is 164 g/mol. The minimum atomic E-state index is -2.38. The number of hydrogen-bond acceptors (Lipinski definition) is 2. The lowest BCUT2D eigenvalue weighted by molar-refractivity contribution is -0.111. The van der Waals surface area contributed by atoms with Crippen molar-refractivity contribution in [2.45, 2.75) is 18.8 Å². The van der Waals surface area contributed by atoms with E-state index in [4.69, 9.17) is 0 Å². The molecule has 4 heteroatoms. The van der Waals surface area contributed by atoms with Crippen LogP contribution in [0.1, 0.15) is 12.8 Å². The number of rotatable bonds is 3. The lowest BCUT2D eigenvalue weighted by Crippen LogP contribution is -2.44. The molecule has 0 amide bonds. The first kappa shape index (κ1) is 8.87. The van der Waals surface area contributed by atoms with Crippen molar-refractivity contribution in [1.82, 2.24) is 10.4 Å². The Morgan fingerprint density at radius 3 is 2.36 bits per heavy atom. The van der Waals surface area contributed by atoms with Gasteiger partial charge in [-0.05, 0) is 5.92 Å². The Bertz CT molecular complexity index is 128. The van der Waals surface area contributed by atoms with Gasteiger partial charge in [-0.25, -0.2) is 8.78 Å². The van der Waals surface area contributed by atoms with E-state index in [2.05, 4.69) is 5.43 Å². The summed E-state index contributed by atoms with van der Waals surface area (Å²) in [7, 11) is 3.72. The Labute approximate surface area is 65.5 Å². The number of nitrogens with zero attached hydrogens (tertiary/aromatic N) is 1. The van der Waals surface area contributed by atoms with Crippen LogP contribution in [0.5, 0.6) is 0 Å². The fraction of sp³-hybridized carbons (Fsp3) is 1.00. The summed E-state index contributed by atoms with van der Waals surface area (Å²) >= 11 is 0. The molecule has 0 aromatic carbocycles. The first-order valence-electron chi connectivity index (χ1n) is 3.78. The van der Waals surface area contributed by atoms with Gasteiger partial charge < -0.3 is 0 Å². The average molecular weight is 164 g/mol. The van der Waals surface area contributed by atoms with Gasteiger partial charge in [-0.15, -0.1) is 0 Å². The molecule has 1 aliphatic carbocycles. The highest BCUT2D eigenvalue weighted by atomic mass is 19.3. The summed E-state index contributed by atoms with van der Waals surface area (Å²) in [6, 6.07) is 0. The van der Waals surface area contributed by atoms with Gasteiger partial charge in [-0.3, -0.25) is 10.4 Å². The van der Waals surface area contributed by atoms with Gasteiger partial charge in [0.2, 0.25) is 5.92 Å². The van der Waals surface area contributed by atoms with Gasteiger partial charge in [-0.1, -0.05) is 0 Å². The van der Waals surface area contributed by atoms with E-state index in [9.17, 15) is 8.78 Å². The number of hydrazine groups is 1. The van der Waals surface area contributed by atoms with Crippen molar-refractivity contribution < 1.29 is 8.78 Å². The molecular weight excluding hydrogens is 150 g/mol. The van der Waals surface area contributed by atoms with Gasteiger partial charge in [0.15, 0.2) is 0 Å². The van der Waals surface area contributed by atoms with Gasteiger partial charge in [0.1, 0.15) is 0 Å². The fourth-order valence-electron chi connectivity index (χ4n) is 1.24. The summed E-state index contributed by atoms with van der Waals surface area (Å²) in [5.74, 6) is -2.22. The summed E-state index contributed by atoms with van der Waals surface area (Å²) in [5.41, 5.74) is 2.99. The van der Waals surface area contributed by atoms with E-state index in [0.29, 0.717) is 6.54 Å². The maximum Gasteiger partial charge on any atom is 0.248 e. The Balaban J connectivity index is 2.05. The summed E-state index contributed by atoms with van der Waals surface area (Å²) in [6.45, 7) is 0.669. The minimum Gasteiger partial charge on any atom is -0.255 e. The van der Waals surface area contributed by atoms with E-state index in [1.54, 1.807) is 5.01 Å². The van der Waals surface area contributed by atoms with Crippen molar-refractivity contribution in [3.63, 3.8) is 0 Å². The summed E-state index contributed by atoms with van der Waals surface area (Å²) in [5, 5.41) is 1.79. The standard InChI is InChI=1S/C7H14F2N2/c1-11(2)10-5-6-3-7(8,9)4-6/h6,10H,3-5H2,1-2H3. The fourth-order valence-corrected chi connectivity index (χ4v) is 1.24. The van der Waals surface area contributed by atoms with Crippen molar-refractivity contribution in [2.24, 2.45) is 5.92 Å². The molecule has 1 fully saturated rings. The second-order valence-electron chi connectivity index (χ2n) is 3.39. The molecule has 0 aliphatic heterocycles. The highest BCUT2D eigenvalue weighted by molar-refractivity contribution is 4.86. The van der Waals surface area contributed by atoms with Crippen molar-refractivity contribution >= 4 is 0 Å². The van der Waals surface area contributed by atoms with Crippen LogP contribution in [0.25, 0.3) is 0 Å². The summed E-state index contributed by atoms with van der Waals surface area (Å²) < 4.78 is 24.5. The molecule has 0 heterocycles. The van der Waals surface area contributed by atoms with Gasteiger partial charge in [0.05, 0.1) is 0 Å². The van der Waals surface area contributed by atoms with Crippen LogP contribution in [0.4, 0.5) is 8.78 Å². The number of nitrogens with one attached hydrogen (secondary N) is 1. The molecule has 11 heavy (non-hydrogen) atoms. The zero-order valence-corrected chi connectivity index (χ0v) is 6.90. The molecule has 0 atom stereocenters. The van der Waals surface area contributed by atoms with Crippen molar-refractivity contribution in [3.8, 4) is 0 Å². The molecule has 66 valence electrons. The Morgan fingerprint density at radius 1 is 1.45 bits per heavy atom. The lowest BCUT2D eigenvalue weighted by atomic mass is 9.81. The number of hydrogen-bond donors (Lipinski definition) is 1. The predicted molar refractivity (Wildman–Crippen MR) is 39.4 cm³/mol. The lowest BCUT2D eigenvalue weighted by Gasteiger charge is -2.35. The molecule has 0 aromatic rings. The van der Waals surface area contributed by atoms with Gasteiger partial charge >= 0.3 is 0 Å². The Hall–Kier alpha value is -0.220. The van der Waals surface area contributed by atoms with E-state index in [0.717, 1.165) is 0 Å². The van der Waals surface area contributed by atoms with Crippen LogP contribution in [-0.4, -0.2) is 31.6 Å². The van der Waals surface area contributed by atoms with E-state index in [1.807, 2.05) is 14.1 Å². The van der Waals surface area contributed by atoms with Crippen molar-refractivity contribution in [3.05, 3.63) is 0 Å². The molecule has 0 bridgehead atoms. The third-order valence-corrected chi connectivity index (χ3v) is 1.87. The summed E-state index contributed by atoms with van der Waals surface area (Å²) in [4.78, 5) is 0. The van der Waals surface area contributed by atoms with Crippen LogP contribution in [0, 0.1) is 5.92 Å². The topological polar surface area (TPSA) is 15.3 Å². The normalized spacial score (nSPS) is 23.7. The zero-order chi connectivity index (χ0) is 8.48.